The molecule has 0 aliphatic rings. The average molecular weight is 308 g/mol. The normalized spacial score (nSPS) is 11.6. The van der Waals surface area contributed by atoms with Gasteiger partial charge in [0.2, 0.25) is 0 Å². The van der Waals surface area contributed by atoms with Gasteiger partial charge in [-0.2, -0.15) is 5.26 Å². The number of hydrogen-bond acceptors (Lipinski definition) is 2. The van der Waals surface area contributed by atoms with Crippen LogP contribution in [0, 0.1) is 17.1 Å². The summed E-state index contributed by atoms with van der Waals surface area (Å²) in [5.41, 5.74) is 2.68. The first-order valence-corrected chi connectivity index (χ1v) is 7.37. The highest BCUT2D eigenvalue weighted by Gasteiger charge is 2.27. The third-order valence-corrected chi connectivity index (χ3v) is 3.86. The Morgan fingerprint density at radius 3 is 2.30 bits per heavy atom. The van der Waals surface area contributed by atoms with E-state index in [4.69, 9.17) is 0 Å². The molecular formula is C19H17FN2O. The lowest BCUT2D eigenvalue weighted by molar-refractivity contribution is 0.476. The van der Waals surface area contributed by atoms with E-state index in [0.29, 0.717) is 10.9 Å². The first-order valence-electron chi connectivity index (χ1n) is 7.37. The molecule has 0 radical (unpaired) electrons. The number of benzene rings is 2. The largest absolute Gasteiger partial charge is 0.508 e. The lowest BCUT2D eigenvalue weighted by Crippen LogP contribution is -2.18. The van der Waals surface area contributed by atoms with Gasteiger partial charge in [0.15, 0.2) is 0 Å². The number of nitriles is 1. The van der Waals surface area contributed by atoms with Crippen molar-refractivity contribution in [2.75, 3.05) is 0 Å². The Labute approximate surface area is 134 Å². The molecule has 3 nitrogen and oxygen atoms in total. The molecule has 0 atom stereocenters. The molecule has 0 aliphatic heterocycles. The van der Waals surface area contributed by atoms with Gasteiger partial charge < -0.3 is 9.67 Å². The predicted molar refractivity (Wildman–Crippen MR) is 88.3 cm³/mol. The molecule has 0 amide bonds. The van der Waals surface area contributed by atoms with Crippen LogP contribution in [-0.4, -0.2) is 9.67 Å². The van der Waals surface area contributed by atoms with Crippen molar-refractivity contribution < 1.29 is 9.50 Å². The van der Waals surface area contributed by atoms with Crippen molar-refractivity contribution in [1.82, 2.24) is 4.57 Å². The first-order chi connectivity index (χ1) is 10.8. The van der Waals surface area contributed by atoms with E-state index in [0.717, 1.165) is 16.9 Å². The highest BCUT2D eigenvalue weighted by atomic mass is 19.1. The minimum absolute atomic E-state index is 0.116. The maximum Gasteiger partial charge on any atom is 0.123 e. The number of phenols is 1. The fraction of sp³-hybridized carbons (Fsp3) is 0.211. The Hall–Kier alpha value is -2.80. The van der Waals surface area contributed by atoms with Gasteiger partial charge in [-0.3, -0.25) is 0 Å². The molecule has 2 aromatic carbocycles. The molecule has 0 fully saturated rings. The van der Waals surface area contributed by atoms with E-state index >= 15 is 0 Å². The quantitative estimate of drug-likeness (QED) is 0.711. The van der Waals surface area contributed by atoms with E-state index < -0.39 is 0 Å². The van der Waals surface area contributed by atoms with Gasteiger partial charge in [-0.25, -0.2) is 4.39 Å². The van der Waals surface area contributed by atoms with Gasteiger partial charge in [-0.15, -0.1) is 0 Å². The highest BCUT2D eigenvalue weighted by molar-refractivity contribution is 5.91. The predicted octanol–water partition coefficient (Wildman–Crippen LogP) is 4.64. The summed E-state index contributed by atoms with van der Waals surface area (Å²) in [6.45, 7) is 6.09. The van der Waals surface area contributed by atoms with Crippen LogP contribution in [0.25, 0.3) is 16.6 Å². The monoisotopic (exact) mass is 308 g/mol. The summed E-state index contributed by atoms with van der Waals surface area (Å²) in [5.74, 6) is -0.189. The van der Waals surface area contributed by atoms with Gasteiger partial charge in [-0.1, -0.05) is 20.8 Å². The molecule has 0 bridgehead atoms. The van der Waals surface area contributed by atoms with E-state index in [-0.39, 0.29) is 17.0 Å². The molecule has 3 rings (SSSR count). The molecule has 0 saturated carbocycles. The Morgan fingerprint density at radius 2 is 1.74 bits per heavy atom. The van der Waals surface area contributed by atoms with E-state index in [2.05, 4.69) is 6.07 Å². The number of hydrogen-bond donors (Lipinski definition) is 1. The minimum atomic E-state index is -0.305. The number of nitrogens with zero attached hydrogens (tertiary/aromatic N) is 2. The van der Waals surface area contributed by atoms with Crippen LogP contribution in [0.2, 0.25) is 0 Å². The molecule has 4 heteroatoms. The lowest BCUT2D eigenvalue weighted by Gasteiger charge is -2.23. The number of aromatic nitrogens is 1. The highest BCUT2D eigenvalue weighted by Crippen LogP contribution is 2.37. The van der Waals surface area contributed by atoms with Gasteiger partial charge in [0.1, 0.15) is 17.6 Å². The average Bonchev–Trinajstić information content (AvgIpc) is 2.81. The van der Waals surface area contributed by atoms with Crippen molar-refractivity contribution in [2.24, 2.45) is 0 Å². The van der Waals surface area contributed by atoms with Crippen LogP contribution < -0.4 is 0 Å². The van der Waals surface area contributed by atoms with E-state index in [1.807, 2.05) is 25.3 Å². The van der Waals surface area contributed by atoms with Crippen molar-refractivity contribution in [2.45, 2.75) is 26.2 Å². The van der Waals surface area contributed by atoms with Crippen LogP contribution in [0.5, 0.6) is 5.75 Å². The number of halogens is 1. The molecule has 0 saturated heterocycles. The van der Waals surface area contributed by atoms with Crippen molar-refractivity contribution >= 4 is 10.9 Å². The van der Waals surface area contributed by atoms with Gasteiger partial charge in [0.05, 0.1) is 11.1 Å². The molecular weight excluding hydrogens is 291 g/mol. The summed E-state index contributed by atoms with van der Waals surface area (Å²) in [6.07, 6.45) is 0. The molecule has 23 heavy (non-hydrogen) atoms. The third-order valence-electron chi connectivity index (χ3n) is 3.86. The maximum atomic E-state index is 13.3. The summed E-state index contributed by atoms with van der Waals surface area (Å²) >= 11 is 0. The molecule has 0 spiro atoms. The smallest absolute Gasteiger partial charge is 0.123 e. The summed E-state index contributed by atoms with van der Waals surface area (Å²) in [5, 5.41) is 20.2. The Bertz CT molecular complexity index is 925. The van der Waals surface area contributed by atoms with Crippen molar-refractivity contribution in [1.29, 1.82) is 5.26 Å². The summed E-state index contributed by atoms with van der Waals surface area (Å²) in [7, 11) is 0. The Kier molecular flexibility index (Phi) is 3.37. The SMILES string of the molecule is CC(C)(C)c1c(C#N)c2cc(O)ccc2n1-c1ccc(F)cc1. The number of phenolic OH excluding ortho intramolecular Hbond substituents is 1. The maximum absolute atomic E-state index is 13.3. The van der Waals surface area contributed by atoms with Crippen LogP contribution >= 0.6 is 0 Å². The zero-order chi connectivity index (χ0) is 16.8. The van der Waals surface area contributed by atoms with E-state index in [9.17, 15) is 14.8 Å². The van der Waals surface area contributed by atoms with E-state index in [1.54, 1.807) is 30.3 Å². The first kappa shape index (κ1) is 15.1. The van der Waals surface area contributed by atoms with Crippen LogP contribution in [-0.2, 0) is 5.41 Å². The van der Waals surface area contributed by atoms with Gasteiger partial charge in [-0.05, 0) is 42.5 Å². The minimum Gasteiger partial charge on any atom is -0.508 e. The standard InChI is InChI=1S/C19H17FN2O/c1-19(2,3)18-16(11-21)15-10-14(23)8-9-17(15)22(18)13-6-4-12(20)5-7-13/h4-10,23H,1-3H3. The van der Waals surface area contributed by atoms with E-state index in [1.165, 1.54) is 12.1 Å². The van der Waals surface area contributed by atoms with Gasteiger partial charge in [0, 0.05) is 22.2 Å². The third kappa shape index (κ3) is 2.44. The summed E-state index contributed by atoms with van der Waals surface area (Å²) in [6, 6.07) is 13.4. The number of rotatable bonds is 1. The summed E-state index contributed by atoms with van der Waals surface area (Å²) in [4.78, 5) is 0. The fourth-order valence-corrected chi connectivity index (χ4v) is 2.96. The Balaban J connectivity index is 2.48. The molecule has 1 heterocycles. The second-order valence-electron chi connectivity index (χ2n) is 6.60. The molecule has 0 aliphatic carbocycles. The van der Waals surface area contributed by atoms with Gasteiger partial charge in [0.25, 0.3) is 0 Å². The van der Waals surface area contributed by atoms with Crippen molar-refractivity contribution in [3.63, 3.8) is 0 Å². The Morgan fingerprint density at radius 1 is 1.09 bits per heavy atom. The second kappa shape index (κ2) is 5.13. The van der Waals surface area contributed by atoms with Crippen LogP contribution in [0.1, 0.15) is 32.0 Å². The fourth-order valence-electron chi connectivity index (χ4n) is 2.96. The molecule has 1 N–H and O–H groups in total. The number of fused-ring (bicyclic) bond motifs is 1. The number of aromatic hydroxyl groups is 1. The van der Waals surface area contributed by atoms with Crippen LogP contribution in [0.4, 0.5) is 4.39 Å². The van der Waals surface area contributed by atoms with Crippen molar-refractivity contribution in [3.8, 4) is 17.5 Å². The van der Waals surface area contributed by atoms with Gasteiger partial charge >= 0.3 is 0 Å². The molecule has 0 unspecified atom stereocenters. The second-order valence-corrected chi connectivity index (χ2v) is 6.60. The molecule has 116 valence electrons. The molecule has 3 aromatic rings. The topological polar surface area (TPSA) is 48.9 Å². The van der Waals surface area contributed by atoms with Crippen LogP contribution in [0.15, 0.2) is 42.5 Å². The van der Waals surface area contributed by atoms with Crippen LogP contribution in [0.3, 0.4) is 0 Å². The molecule has 1 aromatic heterocycles. The summed E-state index contributed by atoms with van der Waals surface area (Å²) < 4.78 is 15.2. The zero-order valence-corrected chi connectivity index (χ0v) is 13.3. The zero-order valence-electron chi connectivity index (χ0n) is 13.3. The lowest BCUT2D eigenvalue weighted by atomic mass is 9.89. The van der Waals surface area contributed by atoms with Crippen molar-refractivity contribution in [3.05, 3.63) is 59.5 Å².